The van der Waals surface area contributed by atoms with E-state index in [1.165, 1.54) is 29.4 Å². The van der Waals surface area contributed by atoms with Gasteiger partial charge >= 0.3 is 0 Å². The number of hydrogen-bond acceptors (Lipinski definition) is 4. The van der Waals surface area contributed by atoms with E-state index in [0.717, 1.165) is 0 Å². The third kappa shape index (κ3) is 2.92. The van der Waals surface area contributed by atoms with Crippen LogP contribution in [0.25, 0.3) is 0 Å². The molecule has 1 N–H and O–H groups in total. The van der Waals surface area contributed by atoms with E-state index >= 15 is 0 Å². The predicted molar refractivity (Wildman–Crippen MR) is 85.5 cm³/mol. The molecule has 1 aromatic heterocycles. The fourth-order valence-corrected chi connectivity index (χ4v) is 3.33. The molecule has 2 heterocycles. The van der Waals surface area contributed by atoms with Crippen molar-refractivity contribution in [2.24, 2.45) is 0 Å². The molecule has 1 fully saturated rings. The molecular weight excluding hydrogens is 319 g/mol. The maximum absolute atomic E-state index is 13.8. The number of halogens is 1. The molecule has 7 heteroatoms. The fourth-order valence-electron chi connectivity index (χ4n) is 2.57. The van der Waals surface area contributed by atoms with Gasteiger partial charge in [-0.05, 0) is 30.0 Å². The zero-order valence-corrected chi connectivity index (χ0v) is 13.2. The summed E-state index contributed by atoms with van der Waals surface area (Å²) in [4.78, 5) is 26.5. The molecule has 1 aliphatic heterocycles. The zero-order valence-electron chi connectivity index (χ0n) is 12.4. The average Bonchev–Trinajstić information content (AvgIpc) is 3.16. The van der Waals surface area contributed by atoms with Crippen molar-refractivity contribution in [1.82, 2.24) is 5.32 Å². The van der Waals surface area contributed by atoms with Gasteiger partial charge < -0.3 is 15.0 Å². The second-order valence-corrected chi connectivity index (χ2v) is 5.99. The molecule has 0 bridgehead atoms. The number of benzene rings is 1. The van der Waals surface area contributed by atoms with Gasteiger partial charge in [-0.3, -0.25) is 9.59 Å². The Morgan fingerprint density at radius 2 is 2.17 bits per heavy atom. The van der Waals surface area contributed by atoms with Crippen molar-refractivity contribution in [3.63, 3.8) is 0 Å². The number of carbonyl (C=O) groups is 2. The van der Waals surface area contributed by atoms with E-state index in [2.05, 4.69) is 5.32 Å². The minimum Gasteiger partial charge on any atom is -0.495 e. The molecule has 0 saturated carbocycles. The van der Waals surface area contributed by atoms with Crippen LogP contribution in [0.5, 0.6) is 5.75 Å². The Bertz CT molecular complexity index is 746. The monoisotopic (exact) mass is 334 g/mol. The van der Waals surface area contributed by atoms with Crippen LogP contribution >= 0.6 is 11.3 Å². The summed E-state index contributed by atoms with van der Waals surface area (Å²) in [6.07, 6.45) is 0.437. The first-order valence-corrected chi connectivity index (χ1v) is 7.98. The summed E-state index contributed by atoms with van der Waals surface area (Å²) in [5.41, 5.74) is 0.239. The minimum atomic E-state index is -0.658. The van der Waals surface area contributed by atoms with E-state index in [9.17, 15) is 14.0 Å². The molecule has 3 rings (SSSR count). The quantitative estimate of drug-likeness (QED) is 0.934. The molecule has 0 spiro atoms. The number of rotatable bonds is 4. The average molecular weight is 334 g/mol. The first-order chi connectivity index (χ1) is 11.1. The number of ether oxygens (including phenoxy) is 1. The van der Waals surface area contributed by atoms with Crippen LogP contribution < -0.4 is 15.0 Å². The Hall–Kier alpha value is -2.41. The molecule has 2 amide bonds. The number of hydrogen-bond donors (Lipinski definition) is 1. The van der Waals surface area contributed by atoms with Gasteiger partial charge in [0.05, 0.1) is 12.8 Å². The van der Waals surface area contributed by atoms with E-state index < -0.39 is 11.9 Å². The summed E-state index contributed by atoms with van der Waals surface area (Å²) in [5, 5.41) is 4.45. The van der Waals surface area contributed by atoms with Crippen LogP contribution in [-0.4, -0.2) is 31.5 Å². The number of nitrogens with one attached hydrogen (secondary N) is 1. The Morgan fingerprint density at radius 1 is 1.39 bits per heavy atom. The normalized spacial score (nSPS) is 17.4. The first kappa shape index (κ1) is 15.5. The summed E-state index contributed by atoms with van der Waals surface area (Å²) in [5.74, 6) is -0.638. The molecule has 1 aliphatic rings. The van der Waals surface area contributed by atoms with E-state index in [1.54, 1.807) is 29.6 Å². The molecule has 0 radical (unpaired) electrons. The lowest BCUT2D eigenvalue weighted by molar-refractivity contribution is -0.118. The topological polar surface area (TPSA) is 58.6 Å². The molecule has 23 heavy (non-hydrogen) atoms. The minimum absolute atomic E-state index is 0.239. The van der Waals surface area contributed by atoms with Crippen LogP contribution in [0.15, 0.2) is 35.7 Å². The second kappa shape index (κ2) is 6.37. The summed E-state index contributed by atoms with van der Waals surface area (Å²) >= 11 is 1.24. The molecule has 1 saturated heterocycles. The van der Waals surface area contributed by atoms with Gasteiger partial charge in [0.15, 0.2) is 0 Å². The van der Waals surface area contributed by atoms with Crippen molar-refractivity contribution >= 4 is 28.8 Å². The van der Waals surface area contributed by atoms with Gasteiger partial charge in [-0.1, -0.05) is 12.1 Å². The van der Waals surface area contributed by atoms with Crippen LogP contribution in [0.2, 0.25) is 0 Å². The van der Waals surface area contributed by atoms with E-state index in [1.807, 2.05) is 0 Å². The van der Waals surface area contributed by atoms with E-state index in [4.69, 9.17) is 4.74 Å². The molecule has 1 atom stereocenters. The van der Waals surface area contributed by atoms with Crippen molar-refractivity contribution in [3.8, 4) is 5.75 Å². The standard InChI is InChI=1S/C16H15FN2O3S/c1-22-13-7-9-23-14(13)15(20)18-11-6-8-19(16(11)21)12-5-3-2-4-10(12)17/h2-5,7,9,11H,6,8H2,1H3,(H,18,20). The molecule has 5 nitrogen and oxygen atoms in total. The Morgan fingerprint density at radius 3 is 2.91 bits per heavy atom. The first-order valence-electron chi connectivity index (χ1n) is 7.10. The van der Waals surface area contributed by atoms with Gasteiger partial charge in [0.25, 0.3) is 5.91 Å². The maximum Gasteiger partial charge on any atom is 0.265 e. The van der Waals surface area contributed by atoms with Crippen LogP contribution in [0.3, 0.4) is 0 Å². The van der Waals surface area contributed by atoms with Gasteiger partial charge in [-0.2, -0.15) is 0 Å². The van der Waals surface area contributed by atoms with Gasteiger partial charge in [0.1, 0.15) is 22.5 Å². The van der Waals surface area contributed by atoms with Gasteiger partial charge in [-0.25, -0.2) is 4.39 Å². The lowest BCUT2D eigenvalue weighted by Gasteiger charge is -2.17. The van der Waals surface area contributed by atoms with Gasteiger partial charge in [0.2, 0.25) is 5.91 Å². The third-order valence-corrected chi connectivity index (χ3v) is 4.60. The Balaban J connectivity index is 1.73. The molecule has 1 unspecified atom stereocenters. The SMILES string of the molecule is COc1ccsc1C(=O)NC1CCN(c2ccccc2F)C1=O. The van der Waals surface area contributed by atoms with Crippen LogP contribution in [0.4, 0.5) is 10.1 Å². The molecule has 120 valence electrons. The van der Waals surface area contributed by atoms with Crippen LogP contribution in [-0.2, 0) is 4.79 Å². The maximum atomic E-state index is 13.8. The summed E-state index contributed by atoms with van der Waals surface area (Å²) < 4.78 is 18.9. The van der Waals surface area contributed by atoms with Gasteiger partial charge in [-0.15, -0.1) is 11.3 Å². The number of para-hydroxylation sites is 1. The summed E-state index contributed by atoms with van der Waals surface area (Å²) in [6.45, 7) is 0.367. The lowest BCUT2D eigenvalue weighted by Crippen LogP contribution is -2.41. The molecule has 0 aliphatic carbocycles. The highest BCUT2D eigenvalue weighted by molar-refractivity contribution is 7.12. The number of thiophene rings is 1. The second-order valence-electron chi connectivity index (χ2n) is 5.07. The molecule has 2 aromatic rings. The van der Waals surface area contributed by atoms with Crippen molar-refractivity contribution < 1.29 is 18.7 Å². The van der Waals surface area contributed by atoms with E-state index in [0.29, 0.717) is 23.6 Å². The van der Waals surface area contributed by atoms with Crippen molar-refractivity contribution in [1.29, 1.82) is 0 Å². The zero-order chi connectivity index (χ0) is 16.4. The van der Waals surface area contributed by atoms with Crippen molar-refractivity contribution in [3.05, 3.63) is 46.4 Å². The fraction of sp³-hybridized carbons (Fsp3) is 0.250. The highest BCUT2D eigenvalue weighted by Crippen LogP contribution is 2.27. The summed E-state index contributed by atoms with van der Waals surface area (Å²) in [7, 11) is 1.49. The number of amides is 2. The largest absolute Gasteiger partial charge is 0.495 e. The number of nitrogens with zero attached hydrogens (tertiary/aromatic N) is 1. The van der Waals surface area contributed by atoms with Gasteiger partial charge in [0, 0.05) is 6.54 Å². The van der Waals surface area contributed by atoms with Crippen LogP contribution in [0, 0.1) is 5.82 Å². The molecular formula is C16H15FN2O3S. The number of methoxy groups -OCH3 is 1. The smallest absolute Gasteiger partial charge is 0.265 e. The van der Waals surface area contributed by atoms with Crippen molar-refractivity contribution in [2.75, 3.05) is 18.6 Å². The number of carbonyl (C=O) groups excluding carboxylic acids is 2. The van der Waals surface area contributed by atoms with Crippen molar-refractivity contribution in [2.45, 2.75) is 12.5 Å². The number of anilines is 1. The van der Waals surface area contributed by atoms with Crippen LogP contribution in [0.1, 0.15) is 16.1 Å². The summed E-state index contributed by atoms with van der Waals surface area (Å²) in [6, 6.07) is 7.15. The molecule has 1 aromatic carbocycles. The predicted octanol–water partition coefficient (Wildman–Crippen LogP) is 2.43. The third-order valence-electron chi connectivity index (χ3n) is 3.71. The van der Waals surface area contributed by atoms with E-state index in [-0.39, 0.29) is 17.5 Å². The highest BCUT2D eigenvalue weighted by Gasteiger charge is 2.35. The Kier molecular flexibility index (Phi) is 4.29. The Labute approximate surface area is 136 Å². The highest BCUT2D eigenvalue weighted by atomic mass is 32.1. The lowest BCUT2D eigenvalue weighted by atomic mass is 10.2.